The Kier molecular flexibility index (Phi) is 3.23. The average Bonchev–Trinajstić information content (AvgIpc) is 2.72. The van der Waals surface area contributed by atoms with E-state index >= 15 is 0 Å². The van der Waals surface area contributed by atoms with E-state index in [9.17, 15) is 0 Å². The maximum Gasteiger partial charge on any atom is 0.156 e. The number of hydrogen-bond acceptors (Lipinski definition) is 4. The van der Waals surface area contributed by atoms with Gasteiger partial charge in [0.15, 0.2) is 5.65 Å². The lowest BCUT2D eigenvalue weighted by Gasteiger charge is -2.06. The van der Waals surface area contributed by atoms with Crippen LogP contribution in [0.5, 0.6) is 0 Å². The topological polar surface area (TPSA) is 50.4 Å². The molecule has 0 aliphatic carbocycles. The van der Waals surface area contributed by atoms with E-state index in [1.54, 1.807) is 22.5 Å². The van der Waals surface area contributed by atoms with Gasteiger partial charge in [0.25, 0.3) is 0 Å². The van der Waals surface area contributed by atoms with E-state index in [1.807, 2.05) is 25.3 Å². The molecule has 5 heteroatoms. The van der Waals surface area contributed by atoms with Gasteiger partial charge >= 0.3 is 0 Å². The normalized spacial score (nSPS) is 13.2. The summed E-state index contributed by atoms with van der Waals surface area (Å²) >= 11 is 1.66. The van der Waals surface area contributed by atoms with Crippen LogP contribution < -0.4 is 0 Å². The molecule has 4 nitrogen and oxygen atoms in total. The Bertz CT molecular complexity index is 443. The van der Waals surface area contributed by atoms with Crippen molar-refractivity contribution in [2.24, 2.45) is 5.92 Å². The maximum atomic E-state index is 8.90. The van der Waals surface area contributed by atoms with Crippen molar-refractivity contribution in [2.75, 3.05) is 12.4 Å². The maximum absolute atomic E-state index is 8.90. The van der Waals surface area contributed by atoms with E-state index < -0.39 is 0 Å². The molecule has 2 rings (SSSR count). The van der Waals surface area contributed by atoms with Gasteiger partial charge < -0.3 is 5.11 Å². The van der Waals surface area contributed by atoms with Gasteiger partial charge in [-0.3, -0.25) is 0 Å². The van der Waals surface area contributed by atoms with Crippen molar-refractivity contribution < 1.29 is 5.11 Å². The number of hydrogen-bond donors (Lipinski definition) is 1. The summed E-state index contributed by atoms with van der Waals surface area (Å²) in [7, 11) is 0. The Labute approximate surface area is 92.3 Å². The molecule has 0 radical (unpaired) electrons. The first kappa shape index (κ1) is 10.4. The minimum Gasteiger partial charge on any atom is -0.396 e. The number of thioether (sulfide) groups is 1. The van der Waals surface area contributed by atoms with Crippen molar-refractivity contribution in [1.29, 1.82) is 0 Å². The summed E-state index contributed by atoms with van der Waals surface area (Å²) in [4.78, 5) is 4.42. The van der Waals surface area contributed by atoms with Gasteiger partial charge in [-0.15, -0.1) is 11.8 Å². The van der Waals surface area contributed by atoms with E-state index in [4.69, 9.17) is 5.11 Å². The van der Waals surface area contributed by atoms with Gasteiger partial charge in [-0.05, 0) is 12.0 Å². The summed E-state index contributed by atoms with van der Waals surface area (Å²) in [6.45, 7) is 2.24. The number of aliphatic hydroxyl groups excluding tert-OH is 1. The zero-order chi connectivity index (χ0) is 10.7. The molecule has 0 aromatic carbocycles. The van der Waals surface area contributed by atoms with Crippen LogP contribution in [-0.2, 0) is 0 Å². The van der Waals surface area contributed by atoms with Crippen molar-refractivity contribution in [3.05, 3.63) is 24.5 Å². The first-order valence-corrected chi connectivity index (χ1v) is 5.82. The van der Waals surface area contributed by atoms with Crippen molar-refractivity contribution in [1.82, 2.24) is 14.6 Å². The summed E-state index contributed by atoms with van der Waals surface area (Å²) in [5.41, 5.74) is 0.858. The Morgan fingerprint density at radius 2 is 2.40 bits per heavy atom. The van der Waals surface area contributed by atoms with Crippen LogP contribution in [0.3, 0.4) is 0 Å². The molecule has 0 aliphatic rings. The zero-order valence-electron chi connectivity index (χ0n) is 8.50. The Balaban J connectivity index is 2.08. The minimum atomic E-state index is 0.224. The van der Waals surface area contributed by atoms with Crippen LogP contribution in [0.1, 0.15) is 6.92 Å². The molecular weight excluding hydrogens is 210 g/mol. The highest BCUT2D eigenvalue weighted by Crippen LogP contribution is 2.18. The molecule has 0 aliphatic heterocycles. The van der Waals surface area contributed by atoms with Crippen molar-refractivity contribution in [3.63, 3.8) is 0 Å². The lowest BCUT2D eigenvalue weighted by atomic mass is 10.2. The molecule has 0 saturated heterocycles. The Morgan fingerprint density at radius 3 is 3.20 bits per heavy atom. The van der Waals surface area contributed by atoms with Crippen LogP contribution in [0.2, 0.25) is 0 Å². The van der Waals surface area contributed by atoms with Crippen LogP contribution in [0.25, 0.3) is 5.65 Å². The number of nitrogens with zero attached hydrogens (tertiary/aromatic N) is 3. The van der Waals surface area contributed by atoms with E-state index in [-0.39, 0.29) is 6.61 Å². The Morgan fingerprint density at radius 1 is 1.53 bits per heavy atom. The van der Waals surface area contributed by atoms with Crippen molar-refractivity contribution in [3.8, 4) is 0 Å². The molecule has 2 aromatic heterocycles. The van der Waals surface area contributed by atoms with Gasteiger partial charge in [-0.2, -0.15) is 5.10 Å². The fourth-order valence-corrected chi connectivity index (χ4v) is 2.03. The summed E-state index contributed by atoms with van der Waals surface area (Å²) in [6.07, 6.45) is 3.63. The van der Waals surface area contributed by atoms with E-state index in [1.165, 1.54) is 0 Å². The van der Waals surface area contributed by atoms with Gasteiger partial charge in [-0.25, -0.2) is 9.50 Å². The average molecular weight is 223 g/mol. The third kappa shape index (κ3) is 2.49. The molecule has 0 fully saturated rings. The predicted molar refractivity (Wildman–Crippen MR) is 60.0 cm³/mol. The molecule has 0 saturated carbocycles. The second-order valence-corrected chi connectivity index (χ2v) is 4.54. The molecule has 0 amide bonds. The summed E-state index contributed by atoms with van der Waals surface area (Å²) in [5, 5.41) is 14.0. The van der Waals surface area contributed by atoms with Gasteiger partial charge in [0, 0.05) is 24.6 Å². The van der Waals surface area contributed by atoms with Crippen LogP contribution in [0.4, 0.5) is 0 Å². The van der Waals surface area contributed by atoms with E-state index in [0.29, 0.717) is 5.92 Å². The number of aromatic nitrogens is 3. The number of fused-ring (bicyclic) bond motifs is 1. The fraction of sp³-hybridized carbons (Fsp3) is 0.400. The Hall–Kier alpha value is -1.07. The fourth-order valence-electron chi connectivity index (χ4n) is 1.16. The van der Waals surface area contributed by atoms with E-state index in [2.05, 4.69) is 10.1 Å². The molecule has 1 N–H and O–H groups in total. The quantitative estimate of drug-likeness (QED) is 0.629. The smallest absolute Gasteiger partial charge is 0.156 e. The lowest BCUT2D eigenvalue weighted by molar-refractivity contribution is 0.250. The molecule has 15 heavy (non-hydrogen) atoms. The highest BCUT2D eigenvalue weighted by Gasteiger charge is 2.03. The molecule has 1 atom stereocenters. The van der Waals surface area contributed by atoms with Gasteiger partial charge in [-0.1, -0.05) is 6.92 Å². The van der Waals surface area contributed by atoms with Crippen LogP contribution >= 0.6 is 11.8 Å². The predicted octanol–water partition coefficient (Wildman–Crippen LogP) is 1.45. The van der Waals surface area contributed by atoms with Crippen LogP contribution in [-0.4, -0.2) is 32.1 Å². The monoisotopic (exact) mass is 223 g/mol. The minimum absolute atomic E-state index is 0.224. The lowest BCUT2D eigenvalue weighted by Crippen LogP contribution is -2.03. The third-order valence-corrected chi connectivity index (χ3v) is 3.32. The summed E-state index contributed by atoms with van der Waals surface area (Å²) in [6, 6.07) is 3.81. The van der Waals surface area contributed by atoms with Crippen LogP contribution in [0.15, 0.2) is 29.6 Å². The number of rotatable bonds is 4. The molecule has 0 spiro atoms. The molecule has 2 aromatic rings. The largest absolute Gasteiger partial charge is 0.396 e. The molecule has 80 valence electrons. The SMILES string of the molecule is CC(CO)CSc1ccn2nccc2n1. The van der Waals surface area contributed by atoms with Crippen LogP contribution in [0, 0.1) is 5.92 Å². The van der Waals surface area contributed by atoms with E-state index in [0.717, 1.165) is 16.4 Å². The van der Waals surface area contributed by atoms with Gasteiger partial charge in [0.1, 0.15) is 5.03 Å². The zero-order valence-corrected chi connectivity index (χ0v) is 9.31. The van der Waals surface area contributed by atoms with Gasteiger partial charge in [0.2, 0.25) is 0 Å². The number of aliphatic hydroxyl groups is 1. The summed E-state index contributed by atoms with van der Waals surface area (Å²) < 4.78 is 1.74. The molecule has 0 bridgehead atoms. The first-order chi connectivity index (χ1) is 7.29. The first-order valence-electron chi connectivity index (χ1n) is 4.83. The molecule has 1 unspecified atom stereocenters. The molecular formula is C10H13N3OS. The third-order valence-electron chi connectivity index (χ3n) is 2.06. The molecule has 2 heterocycles. The van der Waals surface area contributed by atoms with Gasteiger partial charge in [0.05, 0.1) is 6.20 Å². The second-order valence-electron chi connectivity index (χ2n) is 3.50. The standard InChI is InChI=1S/C10H13N3OS/c1-8(6-14)7-15-10-3-5-13-9(12-10)2-4-11-13/h2-5,8,14H,6-7H2,1H3. The van der Waals surface area contributed by atoms with Crippen molar-refractivity contribution in [2.45, 2.75) is 11.9 Å². The summed E-state index contributed by atoms with van der Waals surface area (Å²) in [5.74, 6) is 1.19. The highest BCUT2D eigenvalue weighted by atomic mass is 32.2. The van der Waals surface area contributed by atoms with Crippen molar-refractivity contribution >= 4 is 17.4 Å². The second kappa shape index (κ2) is 4.63. The highest BCUT2D eigenvalue weighted by molar-refractivity contribution is 7.99.